The van der Waals surface area contributed by atoms with Crippen LogP contribution in [0.3, 0.4) is 0 Å². The molecule has 0 bridgehead atoms. The highest BCUT2D eigenvalue weighted by atomic mass is 16.5. The first-order valence-electron chi connectivity index (χ1n) is 12.2. The van der Waals surface area contributed by atoms with E-state index < -0.39 is 18.0 Å². The van der Waals surface area contributed by atoms with Crippen LogP contribution >= 0.6 is 0 Å². The number of anilines is 1. The average Bonchev–Trinajstić information content (AvgIpc) is 3.21. The molecule has 3 unspecified atom stereocenters. The Morgan fingerprint density at radius 1 is 1.29 bits per heavy atom. The van der Waals surface area contributed by atoms with E-state index in [1.54, 1.807) is 17.0 Å². The molecule has 0 spiro atoms. The van der Waals surface area contributed by atoms with Crippen molar-refractivity contribution in [3.63, 3.8) is 0 Å². The molecule has 5 rings (SSSR count). The molecule has 0 aromatic carbocycles. The van der Waals surface area contributed by atoms with Crippen molar-refractivity contribution in [2.75, 3.05) is 25.0 Å². The zero-order valence-electron chi connectivity index (χ0n) is 19.4. The molecule has 5 heterocycles. The minimum Gasteiger partial charge on any atom is -0.481 e. The predicted molar refractivity (Wildman–Crippen MR) is 128 cm³/mol. The molecule has 10 nitrogen and oxygen atoms in total. The summed E-state index contributed by atoms with van der Waals surface area (Å²) in [4.78, 5) is 47.1. The lowest BCUT2D eigenvalue weighted by Crippen LogP contribution is -2.38. The number of pyridine rings is 1. The minimum absolute atomic E-state index is 0.0417. The van der Waals surface area contributed by atoms with Gasteiger partial charge in [0.25, 0.3) is 0 Å². The second-order valence-corrected chi connectivity index (χ2v) is 9.27. The smallest absolute Gasteiger partial charge is 0.332 e. The van der Waals surface area contributed by atoms with Gasteiger partial charge in [0.05, 0.1) is 23.8 Å². The van der Waals surface area contributed by atoms with E-state index >= 15 is 0 Å². The molecule has 1 saturated heterocycles. The number of hydrogen-bond donors (Lipinski definition) is 3. The lowest BCUT2D eigenvalue weighted by molar-refractivity contribution is -0.141. The van der Waals surface area contributed by atoms with Crippen LogP contribution in [-0.4, -0.2) is 64.3 Å². The number of aromatic nitrogens is 1. The number of nitrogens with one attached hydrogen (secondary N) is 2. The second-order valence-electron chi connectivity index (χ2n) is 9.27. The number of nitrogens with zero attached hydrogens (tertiary/aromatic N) is 3. The number of carbonyl (C=O) groups is 3. The summed E-state index contributed by atoms with van der Waals surface area (Å²) in [7, 11) is 0. The molecule has 184 valence electrons. The fraction of sp³-hybridized carbons (Fsp3) is 0.480. The van der Waals surface area contributed by atoms with Crippen molar-refractivity contribution in [1.29, 1.82) is 0 Å². The minimum atomic E-state index is -1.02. The first-order valence-corrected chi connectivity index (χ1v) is 12.2. The Morgan fingerprint density at radius 3 is 3.03 bits per heavy atom. The van der Waals surface area contributed by atoms with Gasteiger partial charge >= 0.3 is 11.9 Å². The number of amides is 1. The maximum Gasteiger partial charge on any atom is 0.332 e. The Balaban J connectivity index is 1.22. The number of carboxylic acids is 1. The molecule has 1 fully saturated rings. The Morgan fingerprint density at radius 2 is 2.17 bits per heavy atom. The molecular formula is C25H29N5O5. The highest BCUT2D eigenvalue weighted by Crippen LogP contribution is 2.35. The van der Waals surface area contributed by atoms with E-state index in [4.69, 9.17) is 4.74 Å². The topological polar surface area (TPSA) is 133 Å². The van der Waals surface area contributed by atoms with E-state index in [2.05, 4.69) is 38.8 Å². The van der Waals surface area contributed by atoms with Crippen molar-refractivity contribution in [2.45, 2.75) is 50.6 Å². The molecule has 3 N–H and O–H groups in total. The van der Waals surface area contributed by atoms with Crippen molar-refractivity contribution in [1.82, 2.24) is 15.2 Å². The number of esters is 1. The van der Waals surface area contributed by atoms with Crippen LogP contribution in [-0.2, 0) is 14.4 Å². The normalized spacial score (nSPS) is 23.8. The van der Waals surface area contributed by atoms with Gasteiger partial charge in [-0.1, -0.05) is 24.6 Å². The summed E-state index contributed by atoms with van der Waals surface area (Å²) in [5, 5.41) is 15.9. The fourth-order valence-electron chi connectivity index (χ4n) is 5.10. The number of fused-ring (bicyclic) bond motifs is 2. The number of carboxylic acid groups (broad SMARTS) is 1. The number of ether oxygens (including phenoxy) is 1. The van der Waals surface area contributed by atoms with Gasteiger partial charge in [-0.05, 0) is 37.8 Å². The molecule has 0 saturated carbocycles. The lowest BCUT2D eigenvalue weighted by atomic mass is 9.96. The fourth-order valence-corrected chi connectivity index (χ4v) is 5.10. The Hall–Kier alpha value is -3.69. The van der Waals surface area contributed by atoms with Crippen molar-refractivity contribution >= 4 is 29.4 Å². The highest BCUT2D eigenvalue weighted by Gasteiger charge is 2.38. The van der Waals surface area contributed by atoms with Crippen LogP contribution in [0.2, 0.25) is 0 Å². The summed E-state index contributed by atoms with van der Waals surface area (Å²) in [6.45, 7) is 1.34. The van der Waals surface area contributed by atoms with Crippen LogP contribution in [0.15, 0.2) is 40.9 Å². The molecule has 1 aromatic heterocycles. The first kappa shape index (κ1) is 23.1. The molecular weight excluding hydrogens is 450 g/mol. The number of dihydropyridines is 1. The Labute approximate surface area is 203 Å². The van der Waals surface area contributed by atoms with Crippen molar-refractivity contribution < 1.29 is 24.2 Å². The van der Waals surface area contributed by atoms with Gasteiger partial charge < -0.3 is 25.4 Å². The Kier molecular flexibility index (Phi) is 6.52. The highest BCUT2D eigenvalue weighted by molar-refractivity contribution is 6.02. The van der Waals surface area contributed by atoms with Gasteiger partial charge in [-0.3, -0.25) is 14.6 Å². The molecule has 0 aliphatic carbocycles. The quantitative estimate of drug-likeness (QED) is 0.484. The van der Waals surface area contributed by atoms with Crippen molar-refractivity contribution in [2.24, 2.45) is 10.9 Å². The van der Waals surface area contributed by atoms with Gasteiger partial charge in [-0.15, -0.1) is 0 Å². The molecule has 10 heteroatoms. The zero-order valence-corrected chi connectivity index (χ0v) is 19.4. The van der Waals surface area contributed by atoms with E-state index in [0.29, 0.717) is 24.3 Å². The van der Waals surface area contributed by atoms with Crippen molar-refractivity contribution in [3.05, 3.63) is 41.6 Å². The zero-order chi connectivity index (χ0) is 24.4. The summed E-state index contributed by atoms with van der Waals surface area (Å²) in [5.74, 6) is -0.583. The summed E-state index contributed by atoms with van der Waals surface area (Å²) in [6, 6.07) is 2.89. The first-order chi connectivity index (χ1) is 17.0. The maximum atomic E-state index is 13.3. The van der Waals surface area contributed by atoms with Gasteiger partial charge in [-0.25, -0.2) is 9.78 Å². The summed E-state index contributed by atoms with van der Waals surface area (Å²) in [6.07, 6.45) is 10.4. The van der Waals surface area contributed by atoms with Crippen LogP contribution < -0.4 is 15.4 Å². The SMILES string of the molecule is O=C(O)CC(c1ccc2c(n1)OC(=O)CN2)N1CCC(CCCC2C=CC3=CCCN=C3N2)C1=O. The molecule has 0 radical (unpaired) electrons. The predicted octanol–water partition coefficient (Wildman–Crippen LogP) is 2.20. The van der Waals surface area contributed by atoms with E-state index in [-0.39, 0.29) is 36.7 Å². The summed E-state index contributed by atoms with van der Waals surface area (Å²) >= 11 is 0. The number of hydrogen-bond acceptors (Lipinski definition) is 8. The van der Waals surface area contributed by atoms with Gasteiger partial charge in [0.2, 0.25) is 11.8 Å². The number of rotatable bonds is 8. The number of aliphatic carboxylic acids is 1. The van der Waals surface area contributed by atoms with Crippen molar-refractivity contribution in [3.8, 4) is 5.88 Å². The third-order valence-corrected chi connectivity index (χ3v) is 6.89. The van der Waals surface area contributed by atoms with Crippen LogP contribution in [0.25, 0.3) is 0 Å². The standard InChI is InChI=1S/C25H29N5O5/c31-21(32)13-20(18-8-9-19-24(29-18)35-22(33)14-27-19)30-12-10-16(25(30)34)3-1-5-17-7-6-15-4-2-11-26-23(15)28-17/h4,6-9,16-17,20,27H,1-3,5,10-14H2,(H,26,28)(H,31,32). The maximum absolute atomic E-state index is 13.3. The molecule has 4 aliphatic heterocycles. The summed E-state index contributed by atoms with van der Waals surface area (Å²) in [5.41, 5.74) is 2.13. The van der Waals surface area contributed by atoms with Crippen LogP contribution in [0.5, 0.6) is 5.88 Å². The average molecular weight is 480 g/mol. The van der Waals surface area contributed by atoms with Gasteiger partial charge in [0, 0.05) is 30.6 Å². The number of carbonyl (C=O) groups excluding carboxylic acids is 2. The lowest BCUT2D eigenvalue weighted by Gasteiger charge is -2.28. The monoisotopic (exact) mass is 479 g/mol. The summed E-state index contributed by atoms with van der Waals surface area (Å²) < 4.78 is 5.20. The van der Waals surface area contributed by atoms with E-state index in [1.807, 2.05) is 0 Å². The molecule has 3 atom stereocenters. The van der Waals surface area contributed by atoms with Gasteiger partial charge in [0.1, 0.15) is 12.4 Å². The molecule has 1 amide bonds. The molecule has 4 aliphatic rings. The number of amidine groups is 1. The molecule has 1 aromatic rings. The molecule has 35 heavy (non-hydrogen) atoms. The van der Waals surface area contributed by atoms with Crippen LogP contribution in [0.1, 0.15) is 50.3 Å². The van der Waals surface area contributed by atoms with E-state index in [9.17, 15) is 19.5 Å². The largest absolute Gasteiger partial charge is 0.481 e. The number of aliphatic imine (C=N–C) groups is 1. The second kappa shape index (κ2) is 9.89. The van der Waals surface area contributed by atoms with Crippen LogP contribution in [0.4, 0.5) is 5.69 Å². The third-order valence-electron chi connectivity index (χ3n) is 6.89. The van der Waals surface area contributed by atoms with Gasteiger partial charge in [0.15, 0.2) is 0 Å². The number of likely N-dealkylation sites (tertiary alicyclic amines) is 1. The van der Waals surface area contributed by atoms with E-state index in [1.165, 1.54) is 0 Å². The van der Waals surface area contributed by atoms with Crippen LogP contribution in [0, 0.1) is 5.92 Å². The van der Waals surface area contributed by atoms with E-state index in [0.717, 1.165) is 43.6 Å². The van der Waals surface area contributed by atoms with Gasteiger partial charge in [-0.2, -0.15) is 0 Å². The third kappa shape index (κ3) is 5.06. The Bertz CT molecular complexity index is 1130.